The molecule has 0 unspecified atom stereocenters. The molecule has 0 radical (unpaired) electrons. The molecule has 4 aliphatic heterocycles. The minimum atomic E-state index is -0.118. The lowest BCUT2D eigenvalue weighted by Gasteiger charge is -2.35. The highest BCUT2D eigenvalue weighted by molar-refractivity contribution is 5.97. The van der Waals surface area contributed by atoms with Gasteiger partial charge in [0, 0.05) is 41.7 Å². The van der Waals surface area contributed by atoms with Crippen molar-refractivity contribution < 1.29 is 9.13 Å². The summed E-state index contributed by atoms with van der Waals surface area (Å²) in [5, 5.41) is 5.92. The van der Waals surface area contributed by atoms with Crippen LogP contribution in [0.3, 0.4) is 0 Å². The van der Waals surface area contributed by atoms with Gasteiger partial charge in [0.25, 0.3) is 0 Å². The topological polar surface area (TPSA) is 53.5 Å². The first-order chi connectivity index (χ1) is 19.1. The SMILES string of the molecule is CCc1c(F)ccc2cccc(N3CCc4c(nc(OC[C@@H]5CCCN5C)nc4[C@@H]4C[C@H]5CC[C@@H](C4)N5)C3)c12. The van der Waals surface area contributed by atoms with E-state index in [9.17, 15) is 4.39 Å². The number of benzene rings is 2. The molecule has 3 aromatic rings. The molecule has 7 rings (SSSR count). The highest BCUT2D eigenvalue weighted by Crippen LogP contribution is 2.41. The van der Waals surface area contributed by atoms with E-state index in [4.69, 9.17) is 14.7 Å². The summed E-state index contributed by atoms with van der Waals surface area (Å²) in [5.74, 6) is 0.342. The maximum absolute atomic E-state index is 14.9. The Labute approximate surface area is 231 Å². The Morgan fingerprint density at radius 2 is 1.90 bits per heavy atom. The molecule has 0 spiro atoms. The van der Waals surface area contributed by atoms with E-state index in [2.05, 4.69) is 40.4 Å². The number of likely N-dealkylation sites (tertiary alicyclic amines) is 1. The largest absolute Gasteiger partial charge is 0.462 e. The summed E-state index contributed by atoms with van der Waals surface area (Å²) in [6.45, 7) is 5.38. The Hall–Kier alpha value is -2.77. The first-order valence-corrected chi connectivity index (χ1v) is 15.0. The first-order valence-electron chi connectivity index (χ1n) is 15.0. The molecule has 0 saturated carbocycles. The normalized spacial score (nSPS) is 26.8. The number of hydrogen-bond acceptors (Lipinski definition) is 6. The van der Waals surface area contributed by atoms with Crippen LogP contribution in [0.5, 0.6) is 6.01 Å². The van der Waals surface area contributed by atoms with Gasteiger partial charge in [-0.15, -0.1) is 0 Å². The lowest BCUT2D eigenvalue weighted by molar-refractivity contribution is 0.186. The van der Waals surface area contributed by atoms with Gasteiger partial charge in [0.2, 0.25) is 0 Å². The van der Waals surface area contributed by atoms with Crippen molar-refractivity contribution in [2.24, 2.45) is 0 Å². The van der Waals surface area contributed by atoms with Crippen LogP contribution in [0.15, 0.2) is 30.3 Å². The molecule has 4 atom stereocenters. The molecule has 2 aromatic carbocycles. The van der Waals surface area contributed by atoms with Crippen molar-refractivity contribution in [1.82, 2.24) is 20.2 Å². The Kier molecular flexibility index (Phi) is 6.68. The maximum Gasteiger partial charge on any atom is 0.316 e. The number of ether oxygens (including phenoxy) is 1. The van der Waals surface area contributed by atoms with Gasteiger partial charge in [-0.05, 0) is 93.6 Å². The second-order valence-electron chi connectivity index (χ2n) is 12.1. The fraction of sp³-hybridized carbons (Fsp3) is 0.562. The van der Waals surface area contributed by atoms with Crippen molar-refractivity contribution in [2.75, 3.05) is 31.6 Å². The molecule has 39 heavy (non-hydrogen) atoms. The third-order valence-electron chi connectivity index (χ3n) is 9.78. The van der Waals surface area contributed by atoms with E-state index in [1.165, 1.54) is 30.5 Å². The van der Waals surface area contributed by atoms with Gasteiger partial charge in [-0.2, -0.15) is 9.97 Å². The lowest BCUT2D eigenvalue weighted by atomic mass is 9.85. The van der Waals surface area contributed by atoms with E-state index in [1.54, 1.807) is 6.07 Å². The van der Waals surface area contributed by atoms with Crippen LogP contribution in [0, 0.1) is 5.82 Å². The molecule has 2 bridgehead atoms. The van der Waals surface area contributed by atoms with Crippen LogP contribution in [-0.4, -0.2) is 59.7 Å². The smallest absolute Gasteiger partial charge is 0.316 e. The van der Waals surface area contributed by atoms with Crippen LogP contribution in [0.25, 0.3) is 10.8 Å². The van der Waals surface area contributed by atoms with Gasteiger partial charge in [0.05, 0.1) is 17.9 Å². The minimum Gasteiger partial charge on any atom is -0.462 e. The molecule has 4 aliphatic rings. The molecule has 0 amide bonds. The Balaban J connectivity index is 1.24. The number of anilines is 1. The summed E-state index contributed by atoms with van der Waals surface area (Å²) in [6, 6.07) is 12.0. The van der Waals surface area contributed by atoms with Gasteiger partial charge in [-0.3, -0.25) is 0 Å². The highest BCUT2D eigenvalue weighted by Gasteiger charge is 2.37. The maximum atomic E-state index is 14.9. The monoisotopic (exact) mass is 529 g/mol. The predicted octanol–water partition coefficient (Wildman–Crippen LogP) is 5.37. The second-order valence-corrected chi connectivity index (χ2v) is 12.1. The second kappa shape index (κ2) is 10.3. The van der Waals surface area contributed by atoms with Crippen molar-refractivity contribution in [2.45, 2.75) is 88.9 Å². The molecular weight excluding hydrogens is 489 g/mol. The number of aromatic nitrogens is 2. The third-order valence-corrected chi connectivity index (χ3v) is 9.78. The number of halogens is 1. The molecular formula is C32H40FN5O. The zero-order valence-corrected chi connectivity index (χ0v) is 23.3. The Bertz CT molecular complexity index is 1370. The molecule has 7 heteroatoms. The van der Waals surface area contributed by atoms with E-state index in [0.29, 0.717) is 49.6 Å². The van der Waals surface area contributed by atoms with Crippen LogP contribution < -0.4 is 15.0 Å². The van der Waals surface area contributed by atoms with Gasteiger partial charge in [0.1, 0.15) is 12.4 Å². The average Bonchev–Trinajstić information content (AvgIpc) is 3.53. The molecule has 3 saturated heterocycles. The van der Waals surface area contributed by atoms with Crippen molar-refractivity contribution >= 4 is 16.5 Å². The molecule has 6 nitrogen and oxygen atoms in total. The van der Waals surface area contributed by atoms with Crippen LogP contribution in [0.1, 0.15) is 73.9 Å². The van der Waals surface area contributed by atoms with E-state index < -0.39 is 0 Å². The average molecular weight is 530 g/mol. The van der Waals surface area contributed by atoms with Gasteiger partial charge >= 0.3 is 6.01 Å². The molecule has 1 aromatic heterocycles. The lowest BCUT2D eigenvalue weighted by Crippen LogP contribution is -2.39. The molecule has 206 valence electrons. The summed E-state index contributed by atoms with van der Waals surface area (Å²) < 4.78 is 21.2. The van der Waals surface area contributed by atoms with Crippen molar-refractivity contribution in [1.29, 1.82) is 0 Å². The first kappa shape index (κ1) is 25.2. The van der Waals surface area contributed by atoms with Crippen LogP contribution in [-0.2, 0) is 19.4 Å². The number of fused-ring (bicyclic) bond motifs is 4. The zero-order valence-electron chi connectivity index (χ0n) is 23.3. The quantitative estimate of drug-likeness (QED) is 0.464. The standard InChI is InChI=1S/C32H40FN5O/c1-3-25-27(33)12-9-20-6-4-8-29(30(20)25)38-15-13-26-28(18-38)35-32(39-19-24-7-5-14-37(24)2)36-31(26)21-16-22-10-11-23(17-21)34-22/h4,6,8-9,12,21-24,34H,3,5,7,10-11,13-19H2,1-2H3/t21-,22-,23+,24-/m0/s1. The van der Waals surface area contributed by atoms with Crippen molar-refractivity contribution in [3.63, 3.8) is 0 Å². The Morgan fingerprint density at radius 1 is 1.05 bits per heavy atom. The van der Waals surface area contributed by atoms with Gasteiger partial charge < -0.3 is 19.9 Å². The summed E-state index contributed by atoms with van der Waals surface area (Å²) in [6.07, 6.45) is 8.81. The fourth-order valence-electron chi connectivity index (χ4n) is 7.70. The number of rotatable bonds is 6. The fourth-order valence-corrected chi connectivity index (χ4v) is 7.70. The van der Waals surface area contributed by atoms with E-state index in [-0.39, 0.29) is 5.82 Å². The molecule has 5 heterocycles. The van der Waals surface area contributed by atoms with Crippen LogP contribution >= 0.6 is 0 Å². The van der Waals surface area contributed by atoms with Gasteiger partial charge in [-0.25, -0.2) is 4.39 Å². The van der Waals surface area contributed by atoms with Gasteiger partial charge in [0.15, 0.2) is 0 Å². The Morgan fingerprint density at radius 3 is 2.67 bits per heavy atom. The summed E-state index contributed by atoms with van der Waals surface area (Å²) in [4.78, 5) is 14.9. The summed E-state index contributed by atoms with van der Waals surface area (Å²) in [5.41, 5.74) is 5.53. The van der Waals surface area contributed by atoms with E-state index >= 15 is 0 Å². The van der Waals surface area contributed by atoms with Crippen LogP contribution in [0.2, 0.25) is 0 Å². The summed E-state index contributed by atoms with van der Waals surface area (Å²) in [7, 11) is 2.18. The van der Waals surface area contributed by atoms with E-state index in [0.717, 1.165) is 66.5 Å². The number of hydrogen-bond donors (Lipinski definition) is 1. The molecule has 1 N–H and O–H groups in total. The number of nitrogens with zero attached hydrogens (tertiary/aromatic N) is 4. The van der Waals surface area contributed by atoms with Gasteiger partial charge in [-0.1, -0.05) is 25.1 Å². The van der Waals surface area contributed by atoms with E-state index in [1.807, 2.05) is 13.0 Å². The summed E-state index contributed by atoms with van der Waals surface area (Å²) >= 11 is 0. The number of nitrogens with one attached hydrogen (secondary N) is 1. The number of likely N-dealkylation sites (N-methyl/N-ethyl adjacent to an activating group) is 1. The number of piperidine rings is 1. The molecule has 0 aliphatic carbocycles. The number of aryl methyl sites for hydroxylation is 1. The van der Waals surface area contributed by atoms with Crippen molar-refractivity contribution in [3.05, 3.63) is 58.7 Å². The van der Waals surface area contributed by atoms with Crippen LogP contribution in [0.4, 0.5) is 10.1 Å². The molecule has 3 fully saturated rings. The minimum absolute atomic E-state index is 0.118. The predicted molar refractivity (Wildman–Crippen MR) is 153 cm³/mol. The zero-order chi connectivity index (χ0) is 26.5. The third kappa shape index (κ3) is 4.67. The van der Waals surface area contributed by atoms with Crippen molar-refractivity contribution in [3.8, 4) is 6.01 Å². The highest BCUT2D eigenvalue weighted by atomic mass is 19.1.